The first-order valence-electron chi connectivity index (χ1n) is 8.03. The average Bonchev–Trinajstić information content (AvgIpc) is 2.59. The molecule has 5 nitrogen and oxygen atoms in total. The van der Waals surface area contributed by atoms with Gasteiger partial charge in [0.05, 0.1) is 7.11 Å². The maximum absolute atomic E-state index is 12.1. The SMILES string of the molecule is COc1ccc(CNC(=O)CCN(C(C)=O)c2cc(Cl)cc(Cl)c2)cc1. The molecule has 2 amide bonds. The van der Waals surface area contributed by atoms with Crippen LogP contribution < -0.4 is 15.0 Å². The van der Waals surface area contributed by atoms with Gasteiger partial charge in [-0.05, 0) is 35.9 Å². The largest absolute Gasteiger partial charge is 0.497 e. The van der Waals surface area contributed by atoms with Gasteiger partial charge in [-0.25, -0.2) is 0 Å². The number of hydrogen-bond acceptors (Lipinski definition) is 3. The molecule has 0 aliphatic carbocycles. The summed E-state index contributed by atoms with van der Waals surface area (Å²) in [6, 6.07) is 12.3. The Labute approximate surface area is 162 Å². The van der Waals surface area contributed by atoms with E-state index in [-0.39, 0.29) is 24.8 Å². The third-order valence-corrected chi connectivity index (χ3v) is 4.19. The van der Waals surface area contributed by atoms with Crippen LogP contribution in [0.25, 0.3) is 0 Å². The minimum absolute atomic E-state index is 0.153. The van der Waals surface area contributed by atoms with E-state index in [2.05, 4.69) is 5.32 Å². The van der Waals surface area contributed by atoms with Crippen LogP contribution in [0.5, 0.6) is 5.75 Å². The van der Waals surface area contributed by atoms with Crippen LogP contribution in [0.3, 0.4) is 0 Å². The number of methoxy groups -OCH3 is 1. The second kappa shape index (κ2) is 9.46. The van der Waals surface area contributed by atoms with Crippen molar-refractivity contribution in [1.29, 1.82) is 0 Å². The molecule has 2 aromatic rings. The van der Waals surface area contributed by atoms with Gasteiger partial charge in [0, 0.05) is 42.2 Å². The molecule has 2 aromatic carbocycles. The van der Waals surface area contributed by atoms with E-state index in [4.69, 9.17) is 27.9 Å². The molecule has 0 aromatic heterocycles. The summed E-state index contributed by atoms with van der Waals surface area (Å²) in [6.07, 6.45) is 0.167. The quantitative estimate of drug-likeness (QED) is 0.769. The normalized spacial score (nSPS) is 10.3. The third kappa shape index (κ3) is 5.93. The molecule has 0 saturated carbocycles. The lowest BCUT2D eigenvalue weighted by atomic mass is 10.2. The van der Waals surface area contributed by atoms with Crippen LogP contribution in [-0.2, 0) is 16.1 Å². The minimum Gasteiger partial charge on any atom is -0.497 e. The zero-order chi connectivity index (χ0) is 19.1. The third-order valence-electron chi connectivity index (χ3n) is 3.75. The van der Waals surface area contributed by atoms with Crippen LogP contribution in [0.1, 0.15) is 18.9 Å². The molecular weight excluding hydrogens is 375 g/mol. The number of ether oxygens (including phenoxy) is 1. The molecule has 0 aliphatic rings. The first-order chi connectivity index (χ1) is 12.4. The first-order valence-corrected chi connectivity index (χ1v) is 8.78. The Morgan fingerprint density at radius 3 is 2.23 bits per heavy atom. The number of carbonyl (C=O) groups is 2. The highest BCUT2D eigenvalue weighted by Crippen LogP contribution is 2.25. The van der Waals surface area contributed by atoms with E-state index in [0.29, 0.717) is 22.3 Å². The maximum atomic E-state index is 12.1. The van der Waals surface area contributed by atoms with Gasteiger partial charge < -0.3 is 15.0 Å². The molecule has 7 heteroatoms. The average molecular weight is 395 g/mol. The number of hydrogen-bond donors (Lipinski definition) is 1. The second-order valence-corrected chi connectivity index (χ2v) is 6.55. The Kier molecular flexibility index (Phi) is 7.30. The highest BCUT2D eigenvalue weighted by Gasteiger charge is 2.14. The van der Waals surface area contributed by atoms with Crippen LogP contribution in [0.4, 0.5) is 5.69 Å². The first kappa shape index (κ1) is 20.1. The summed E-state index contributed by atoms with van der Waals surface area (Å²) in [6.45, 7) is 2.08. The maximum Gasteiger partial charge on any atom is 0.223 e. The van der Waals surface area contributed by atoms with Crippen molar-refractivity contribution in [2.24, 2.45) is 0 Å². The fourth-order valence-electron chi connectivity index (χ4n) is 2.41. The molecule has 0 unspecified atom stereocenters. The van der Waals surface area contributed by atoms with E-state index in [0.717, 1.165) is 11.3 Å². The Hall–Kier alpha value is -2.24. The van der Waals surface area contributed by atoms with Crippen molar-refractivity contribution in [2.75, 3.05) is 18.6 Å². The van der Waals surface area contributed by atoms with Crippen molar-refractivity contribution >= 4 is 40.7 Å². The van der Waals surface area contributed by atoms with E-state index in [1.807, 2.05) is 24.3 Å². The van der Waals surface area contributed by atoms with Crippen LogP contribution in [0, 0.1) is 0 Å². The van der Waals surface area contributed by atoms with Gasteiger partial charge in [-0.15, -0.1) is 0 Å². The fourth-order valence-corrected chi connectivity index (χ4v) is 2.92. The summed E-state index contributed by atoms with van der Waals surface area (Å²) in [4.78, 5) is 25.5. The van der Waals surface area contributed by atoms with Gasteiger partial charge in [-0.2, -0.15) is 0 Å². The number of rotatable bonds is 7. The lowest BCUT2D eigenvalue weighted by Gasteiger charge is -2.21. The number of anilines is 1. The zero-order valence-electron chi connectivity index (χ0n) is 14.6. The van der Waals surface area contributed by atoms with Crippen molar-refractivity contribution in [3.05, 3.63) is 58.1 Å². The minimum atomic E-state index is -0.189. The summed E-state index contributed by atoms with van der Waals surface area (Å²) in [5.74, 6) is 0.420. The molecule has 0 saturated heterocycles. The number of carbonyl (C=O) groups excluding carboxylic acids is 2. The van der Waals surface area contributed by atoms with Gasteiger partial charge in [0.15, 0.2) is 0 Å². The van der Waals surface area contributed by atoms with Crippen molar-refractivity contribution in [3.63, 3.8) is 0 Å². The van der Waals surface area contributed by atoms with Crippen molar-refractivity contribution in [1.82, 2.24) is 5.32 Å². The molecule has 0 aliphatic heterocycles. The zero-order valence-corrected chi connectivity index (χ0v) is 16.1. The Bertz CT molecular complexity index is 759. The molecule has 2 rings (SSSR count). The van der Waals surface area contributed by atoms with E-state index >= 15 is 0 Å². The number of benzene rings is 2. The van der Waals surface area contributed by atoms with Crippen LogP contribution in [-0.4, -0.2) is 25.5 Å². The van der Waals surface area contributed by atoms with Gasteiger partial charge >= 0.3 is 0 Å². The number of amides is 2. The predicted molar refractivity (Wildman–Crippen MR) is 104 cm³/mol. The van der Waals surface area contributed by atoms with Gasteiger partial charge in [-0.3, -0.25) is 9.59 Å². The molecule has 1 N–H and O–H groups in total. The topological polar surface area (TPSA) is 58.6 Å². The summed E-state index contributed by atoms with van der Waals surface area (Å²) < 4.78 is 5.10. The second-order valence-electron chi connectivity index (χ2n) is 5.67. The predicted octanol–water partition coefficient (Wildman–Crippen LogP) is 4.06. The smallest absolute Gasteiger partial charge is 0.223 e. The Morgan fingerprint density at radius 1 is 1.08 bits per heavy atom. The highest BCUT2D eigenvalue weighted by atomic mass is 35.5. The van der Waals surface area contributed by atoms with E-state index in [9.17, 15) is 9.59 Å². The number of nitrogens with one attached hydrogen (secondary N) is 1. The van der Waals surface area contributed by atoms with E-state index in [1.165, 1.54) is 11.8 Å². The molecule has 0 heterocycles. The molecule has 0 bridgehead atoms. The lowest BCUT2D eigenvalue weighted by Crippen LogP contribution is -2.33. The van der Waals surface area contributed by atoms with Crippen LogP contribution in [0.15, 0.2) is 42.5 Å². The fraction of sp³-hybridized carbons (Fsp3) is 0.263. The number of halogens is 2. The standard InChI is InChI=1S/C19H20Cl2N2O3/c1-13(24)23(17-10-15(20)9-16(21)11-17)8-7-19(25)22-12-14-3-5-18(26-2)6-4-14/h3-6,9-11H,7-8,12H2,1-2H3,(H,22,25). The van der Waals surface area contributed by atoms with E-state index < -0.39 is 0 Å². The molecule has 0 spiro atoms. The van der Waals surface area contributed by atoms with Crippen LogP contribution in [0.2, 0.25) is 10.0 Å². The molecule has 138 valence electrons. The molecular formula is C19H20Cl2N2O3. The van der Waals surface area contributed by atoms with Gasteiger partial charge in [0.1, 0.15) is 5.75 Å². The Morgan fingerprint density at radius 2 is 1.69 bits per heavy atom. The summed E-state index contributed by atoms with van der Waals surface area (Å²) in [5, 5.41) is 3.70. The molecule has 26 heavy (non-hydrogen) atoms. The number of nitrogens with zero attached hydrogens (tertiary/aromatic N) is 1. The van der Waals surface area contributed by atoms with Crippen LogP contribution >= 0.6 is 23.2 Å². The highest BCUT2D eigenvalue weighted by molar-refractivity contribution is 6.35. The van der Waals surface area contributed by atoms with Gasteiger partial charge in [0.2, 0.25) is 11.8 Å². The lowest BCUT2D eigenvalue weighted by molar-refractivity contribution is -0.121. The van der Waals surface area contributed by atoms with Gasteiger partial charge in [-0.1, -0.05) is 35.3 Å². The Balaban J connectivity index is 1.91. The molecule has 0 fully saturated rings. The van der Waals surface area contributed by atoms with Crippen molar-refractivity contribution in [2.45, 2.75) is 19.9 Å². The van der Waals surface area contributed by atoms with E-state index in [1.54, 1.807) is 25.3 Å². The van der Waals surface area contributed by atoms with Crippen molar-refractivity contribution in [3.8, 4) is 5.75 Å². The summed E-state index contributed by atoms with van der Waals surface area (Å²) >= 11 is 12.0. The molecule has 0 radical (unpaired) electrons. The van der Waals surface area contributed by atoms with Crippen molar-refractivity contribution < 1.29 is 14.3 Å². The molecule has 0 atom stereocenters. The summed E-state index contributed by atoms with van der Waals surface area (Å²) in [5.41, 5.74) is 1.53. The summed E-state index contributed by atoms with van der Waals surface area (Å²) in [7, 11) is 1.60. The van der Waals surface area contributed by atoms with Gasteiger partial charge in [0.25, 0.3) is 0 Å². The monoisotopic (exact) mass is 394 g/mol.